The van der Waals surface area contributed by atoms with Gasteiger partial charge >= 0.3 is 18.6 Å². The molecule has 16 heavy (non-hydrogen) atoms. The van der Waals surface area contributed by atoms with Crippen LogP contribution in [0.4, 0.5) is 8.78 Å². The van der Waals surface area contributed by atoms with E-state index in [1.54, 1.807) is 0 Å². The summed E-state index contributed by atoms with van der Waals surface area (Å²) in [5.74, 6) is -3.65. The summed E-state index contributed by atoms with van der Waals surface area (Å²) in [6.45, 7) is -1.14. The molecule has 0 aromatic carbocycles. The smallest absolute Gasteiger partial charge is 0.414 e. The van der Waals surface area contributed by atoms with E-state index >= 15 is 0 Å². The molecule has 1 heterocycles. The van der Waals surface area contributed by atoms with Crippen LogP contribution in [0.25, 0.3) is 0 Å². The third kappa shape index (κ3) is 8.06. The van der Waals surface area contributed by atoms with Crippen molar-refractivity contribution in [3.8, 4) is 0 Å². The van der Waals surface area contributed by atoms with Gasteiger partial charge in [0.15, 0.2) is 0 Å². The van der Waals surface area contributed by atoms with Gasteiger partial charge in [0, 0.05) is 6.54 Å². The van der Waals surface area contributed by atoms with Crippen LogP contribution in [0, 0.1) is 0 Å². The maximum absolute atomic E-state index is 11.6. The molecule has 0 radical (unpaired) electrons. The zero-order valence-corrected chi connectivity index (χ0v) is 8.36. The van der Waals surface area contributed by atoms with Crippen molar-refractivity contribution >= 4 is 11.9 Å². The molecule has 0 saturated carbocycles. The van der Waals surface area contributed by atoms with Crippen LogP contribution in [-0.4, -0.2) is 48.0 Å². The molecular weight excluding hydrogens is 228 g/mol. The van der Waals surface area contributed by atoms with Crippen LogP contribution in [0.2, 0.25) is 0 Å². The summed E-state index contributed by atoms with van der Waals surface area (Å²) in [7, 11) is 0. The lowest BCUT2D eigenvalue weighted by atomic mass is 10.1. The second-order valence-electron chi connectivity index (χ2n) is 2.98. The molecule has 8 heteroatoms. The lowest BCUT2D eigenvalue weighted by molar-refractivity contribution is -0.165. The fraction of sp³-hybridized carbons (Fsp3) is 0.750. The largest absolute Gasteiger partial charge is 0.473 e. The number of alkyl halides is 2. The molecule has 0 amide bonds. The van der Waals surface area contributed by atoms with Crippen molar-refractivity contribution in [3.63, 3.8) is 0 Å². The van der Waals surface area contributed by atoms with E-state index in [9.17, 15) is 8.78 Å². The summed E-state index contributed by atoms with van der Waals surface area (Å²) >= 11 is 0. The molecule has 0 aromatic heterocycles. The Hall–Kier alpha value is -1.28. The molecule has 0 aliphatic carbocycles. The van der Waals surface area contributed by atoms with E-state index in [1.165, 1.54) is 0 Å². The Bertz CT molecular complexity index is 218. The minimum Gasteiger partial charge on any atom is -0.473 e. The molecular formula is C8H13F2NO5. The third-order valence-electron chi connectivity index (χ3n) is 1.73. The van der Waals surface area contributed by atoms with Gasteiger partial charge in [0.2, 0.25) is 0 Å². The summed E-state index contributed by atoms with van der Waals surface area (Å²) in [5.41, 5.74) is 0. The summed E-state index contributed by atoms with van der Waals surface area (Å²) < 4.78 is 27.4. The molecule has 94 valence electrons. The standard InChI is InChI=1S/C6H11F2NO.C2H2O4/c7-6(8)10-5-2-1-3-9-4-5;3-1(4)2(5)6/h5-6,9H,1-4H2;(H,3,4)(H,5,6). The van der Waals surface area contributed by atoms with Gasteiger partial charge < -0.3 is 20.3 Å². The zero-order chi connectivity index (χ0) is 12.6. The van der Waals surface area contributed by atoms with Crippen molar-refractivity contribution < 1.29 is 33.3 Å². The number of piperidine rings is 1. The number of aliphatic carboxylic acids is 2. The van der Waals surface area contributed by atoms with Gasteiger partial charge in [-0.15, -0.1) is 0 Å². The molecule has 1 unspecified atom stereocenters. The van der Waals surface area contributed by atoms with Crippen LogP contribution in [0.5, 0.6) is 0 Å². The quantitative estimate of drug-likeness (QED) is 0.595. The number of halogens is 2. The van der Waals surface area contributed by atoms with Crippen LogP contribution in [-0.2, 0) is 14.3 Å². The van der Waals surface area contributed by atoms with Gasteiger partial charge in [0.05, 0.1) is 6.10 Å². The van der Waals surface area contributed by atoms with Crippen molar-refractivity contribution in [2.24, 2.45) is 0 Å². The molecule has 1 aliphatic rings. The Balaban J connectivity index is 0.000000325. The van der Waals surface area contributed by atoms with E-state index < -0.39 is 18.6 Å². The van der Waals surface area contributed by atoms with Crippen molar-refractivity contribution in [1.29, 1.82) is 0 Å². The Labute approximate surface area is 90.2 Å². The molecule has 6 nitrogen and oxygen atoms in total. The minimum absolute atomic E-state index is 0.284. The number of carboxylic acids is 2. The molecule has 3 N–H and O–H groups in total. The second kappa shape index (κ2) is 7.94. The summed E-state index contributed by atoms with van der Waals surface area (Å²) in [5, 5.41) is 17.8. The van der Waals surface area contributed by atoms with E-state index in [-0.39, 0.29) is 6.10 Å². The lowest BCUT2D eigenvalue weighted by Gasteiger charge is -2.22. The van der Waals surface area contributed by atoms with Crippen LogP contribution in [0.3, 0.4) is 0 Å². The highest BCUT2D eigenvalue weighted by Crippen LogP contribution is 2.09. The molecule has 1 atom stereocenters. The monoisotopic (exact) mass is 241 g/mol. The maximum Gasteiger partial charge on any atom is 0.414 e. The average Bonchev–Trinajstić information content (AvgIpc) is 2.19. The fourth-order valence-electron chi connectivity index (χ4n) is 1.08. The van der Waals surface area contributed by atoms with Crippen molar-refractivity contribution in [2.75, 3.05) is 13.1 Å². The highest BCUT2D eigenvalue weighted by atomic mass is 19.3. The van der Waals surface area contributed by atoms with Crippen molar-refractivity contribution in [1.82, 2.24) is 5.32 Å². The van der Waals surface area contributed by atoms with Gasteiger partial charge in [0.25, 0.3) is 0 Å². The van der Waals surface area contributed by atoms with E-state index in [0.717, 1.165) is 19.4 Å². The summed E-state index contributed by atoms with van der Waals surface area (Å²) in [6.07, 6.45) is 1.39. The Morgan fingerprint density at radius 1 is 1.31 bits per heavy atom. The second-order valence-corrected chi connectivity index (χ2v) is 2.98. The van der Waals surface area contributed by atoms with Gasteiger partial charge in [0.1, 0.15) is 0 Å². The molecule has 1 saturated heterocycles. The zero-order valence-electron chi connectivity index (χ0n) is 8.36. The van der Waals surface area contributed by atoms with Gasteiger partial charge in [-0.3, -0.25) is 0 Å². The van der Waals surface area contributed by atoms with Gasteiger partial charge in [-0.2, -0.15) is 8.78 Å². The fourth-order valence-corrected chi connectivity index (χ4v) is 1.08. The van der Waals surface area contributed by atoms with E-state index in [2.05, 4.69) is 10.1 Å². The number of carbonyl (C=O) groups is 2. The van der Waals surface area contributed by atoms with Gasteiger partial charge in [-0.05, 0) is 19.4 Å². The Morgan fingerprint density at radius 2 is 1.88 bits per heavy atom. The SMILES string of the molecule is FC(F)OC1CCCNC1.O=C(O)C(=O)O. The molecule has 0 spiro atoms. The summed E-state index contributed by atoms with van der Waals surface area (Å²) in [6, 6.07) is 0. The number of nitrogens with one attached hydrogen (secondary N) is 1. The molecule has 1 fully saturated rings. The number of hydrogen-bond donors (Lipinski definition) is 3. The normalized spacial score (nSPS) is 19.8. The Morgan fingerprint density at radius 3 is 2.19 bits per heavy atom. The number of rotatable bonds is 2. The Kier molecular flexibility index (Phi) is 7.31. The van der Waals surface area contributed by atoms with Gasteiger partial charge in [-0.25, -0.2) is 9.59 Å². The predicted molar refractivity (Wildman–Crippen MR) is 48.3 cm³/mol. The average molecular weight is 241 g/mol. The van der Waals surface area contributed by atoms with Gasteiger partial charge in [-0.1, -0.05) is 0 Å². The topological polar surface area (TPSA) is 95.9 Å². The highest BCUT2D eigenvalue weighted by molar-refractivity contribution is 6.27. The predicted octanol–water partition coefficient (Wildman–Crippen LogP) is 0.133. The highest BCUT2D eigenvalue weighted by Gasteiger charge is 2.16. The third-order valence-corrected chi connectivity index (χ3v) is 1.73. The number of carboxylic acid groups (broad SMARTS) is 2. The molecule has 0 aromatic rings. The van der Waals surface area contributed by atoms with Crippen LogP contribution in [0.15, 0.2) is 0 Å². The van der Waals surface area contributed by atoms with E-state index in [4.69, 9.17) is 19.8 Å². The number of hydrogen-bond acceptors (Lipinski definition) is 4. The lowest BCUT2D eigenvalue weighted by Crippen LogP contribution is -2.36. The van der Waals surface area contributed by atoms with Crippen molar-refractivity contribution in [3.05, 3.63) is 0 Å². The van der Waals surface area contributed by atoms with Crippen LogP contribution < -0.4 is 5.32 Å². The minimum atomic E-state index is -2.62. The number of ether oxygens (including phenoxy) is 1. The van der Waals surface area contributed by atoms with E-state index in [1.807, 2.05) is 0 Å². The van der Waals surface area contributed by atoms with Crippen LogP contribution >= 0.6 is 0 Å². The van der Waals surface area contributed by atoms with Crippen LogP contribution in [0.1, 0.15) is 12.8 Å². The molecule has 0 bridgehead atoms. The first-order valence-corrected chi connectivity index (χ1v) is 4.54. The first kappa shape index (κ1) is 14.7. The molecule has 1 aliphatic heterocycles. The summed E-state index contributed by atoms with van der Waals surface area (Å²) in [4.78, 5) is 18.2. The van der Waals surface area contributed by atoms with E-state index in [0.29, 0.717) is 6.54 Å². The van der Waals surface area contributed by atoms with Crippen molar-refractivity contribution in [2.45, 2.75) is 25.6 Å². The maximum atomic E-state index is 11.6. The first-order valence-electron chi connectivity index (χ1n) is 4.54. The first-order chi connectivity index (χ1) is 7.43. The molecule has 1 rings (SSSR count).